The van der Waals surface area contributed by atoms with Crippen LogP contribution in [0.15, 0.2) is 53.3 Å². The van der Waals surface area contributed by atoms with Crippen molar-refractivity contribution in [3.05, 3.63) is 78.7 Å². The molecule has 3 aromatic rings. The quantitative estimate of drug-likeness (QED) is 0.591. The number of hydrogen-bond donors (Lipinski definition) is 0. The zero-order chi connectivity index (χ0) is 21.5. The van der Waals surface area contributed by atoms with Gasteiger partial charge in [0.1, 0.15) is 28.3 Å². The zero-order valence-corrected chi connectivity index (χ0v) is 17.5. The molecule has 0 N–H and O–H groups in total. The maximum absolute atomic E-state index is 12.9. The highest BCUT2D eigenvalue weighted by Crippen LogP contribution is 2.23. The van der Waals surface area contributed by atoms with Gasteiger partial charge < -0.3 is 9.47 Å². The van der Waals surface area contributed by atoms with Crippen LogP contribution in [0.3, 0.4) is 0 Å². The van der Waals surface area contributed by atoms with Crippen molar-refractivity contribution in [3.8, 4) is 23.6 Å². The van der Waals surface area contributed by atoms with Gasteiger partial charge in [-0.15, -0.1) is 11.3 Å². The highest BCUT2D eigenvalue weighted by Gasteiger charge is 2.09. The monoisotopic (exact) mass is 437 g/mol. The number of aromatic nitrogens is 1. The molecule has 0 aliphatic rings. The van der Waals surface area contributed by atoms with Crippen LogP contribution in [0.1, 0.15) is 5.56 Å². The van der Waals surface area contributed by atoms with Gasteiger partial charge in [0.15, 0.2) is 5.57 Å². The number of thiazole rings is 1. The molecule has 0 amide bonds. The molecule has 0 spiro atoms. The van der Waals surface area contributed by atoms with Gasteiger partial charge in [-0.05, 0) is 48.0 Å². The van der Waals surface area contributed by atoms with E-state index in [0.29, 0.717) is 25.7 Å². The Balaban J connectivity index is 2.04. The maximum atomic E-state index is 12.9. The van der Waals surface area contributed by atoms with Crippen LogP contribution in [0, 0.1) is 22.7 Å². The van der Waals surface area contributed by atoms with Gasteiger partial charge in [0.2, 0.25) is 0 Å². The van der Waals surface area contributed by atoms with Gasteiger partial charge in [0, 0.05) is 12.1 Å². The number of nitrogens with zero attached hydrogens (tertiary/aromatic N) is 3. The lowest BCUT2D eigenvalue weighted by atomic mass is 10.2. The Kier molecular flexibility index (Phi) is 7.05. The molecule has 3 rings (SSSR count). The van der Waals surface area contributed by atoms with Gasteiger partial charge in [-0.1, -0.05) is 23.7 Å². The van der Waals surface area contributed by atoms with Gasteiger partial charge >= 0.3 is 0 Å². The van der Waals surface area contributed by atoms with E-state index in [-0.39, 0.29) is 24.3 Å². The second kappa shape index (κ2) is 9.91. The molecule has 150 valence electrons. The fraction of sp³-hybridized carbons (Fsp3) is 0.136. The molecule has 0 aliphatic carbocycles. The molecular formula is C22H16ClN3O3S. The van der Waals surface area contributed by atoms with Gasteiger partial charge in [0.05, 0.1) is 17.7 Å². The summed E-state index contributed by atoms with van der Waals surface area (Å²) in [5.74, 6) is 1.24. The van der Waals surface area contributed by atoms with Gasteiger partial charge in [-0.3, -0.25) is 9.36 Å². The van der Waals surface area contributed by atoms with Crippen molar-refractivity contribution in [2.45, 2.75) is 6.54 Å². The first kappa shape index (κ1) is 21.4. The molecule has 0 radical (unpaired) electrons. The fourth-order valence-electron chi connectivity index (χ4n) is 2.67. The van der Waals surface area contributed by atoms with Gasteiger partial charge in [-0.2, -0.15) is 10.5 Å². The summed E-state index contributed by atoms with van der Waals surface area (Å²) in [7, 11) is 1.52. The second-order valence-corrected chi connectivity index (χ2v) is 7.56. The minimum absolute atomic E-state index is 0.104. The van der Waals surface area contributed by atoms with E-state index in [4.69, 9.17) is 21.1 Å². The third-order valence-corrected chi connectivity index (χ3v) is 5.45. The molecule has 8 heteroatoms. The normalized spacial score (nSPS) is 11.0. The Labute approximate surface area is 181 Å². The van der Waals surface area contributed by atoms with Crippen molar-refractivity contribution in [2.75, 3.05) is 13.7 Å². The van der Waals surface area contributed by atoms with Crippen molar-refractivity contribution in [1.29, 1.82) is 10.5 Å². The Morgan fingerprint density at radius 1 is 1.17 bits per heavy atom. The minimum Gasteiger partial charge on any atom is -0.457 e. The first-order valence-corrected chi connectivity index (χ1v) is 10.0. The van der Waals surface area contributed by atoms with Crippen molar-refractivity contribution >= 4 is 34.6 Å². The second-order valence-electron chi connectivity index (χ2n) is 6.09. The first-order valence-electron chi connectivity index (χ1n) is 8.84. The highest BCUT2D eigenvalue weighted by molar-refractivity contribution is 7.07. The topological polar surface area (TPSA) is 88.0 Å². The Morgan fingerprint density at radius 3 is 2.57 bits per heavy atom. The molecule has 1 heterocycles. The summed E-state index contributed by atoms with van der Waals surface area (Å²) in [4.78, 5) is 12.9. The number of benzene rings is 2. The van der Waals surface area contributed by atoms with Crippen molar-refractivity contribution in [2.24, 2.45) is 0 Å². The van der Waals surface area contributed by atoms with Crippen LogP contribution in [0.5, 0.6) is 11.5 Å². The summed E-state index contributed by atoms with van der Waals surface area (Å²) in [6.45, 7) is 0.541. The molecule has 0 aliphatic heterocycles. The summed E-state index contributed by atoms with van der Waals surface area (Å²) < 4.78 is 13.0. The smallest absolute Gasteiger partial charge is 0.269 e. The summed E-state index contributed by atoms with van der Waals surface area (Å²) in [6, 6.07) is 18.0. The van der Waals surface area contributed by atoms with E-state index < -0.39 is 0 Å². The summed E-state index contributed by atoms with van der Waals surface area (Å²) in [5, 5.41) is 19.1. The van der Waals surface area contributed by atoms with Gasteiger partial charge in [-0.25, -0.2) is 0 Å². The molecule has 0 saturated heterocycles. The zero-order valence-electron chi connectivity index (χ0n) is 16.0. The lowest BCUT2D eigenvalue weighted by molar-refractivity contribution is 0.186. The van der Waals surface area contributed by atoms with E-state index in [1.54, 1.807) is 42.5 Å². The third-order valence-electron chi connectivity index (χ3n) is 4.07. The molecule has 1 aromatic heterocycles. The molecule has 30 heavy (non-hydrogen) atoms. The standard InChI is InChI=1S/C22H16ClN3O3S/c1-28-10-9-26-21(27)20(30-22(26)16(13-24)14-25)12-15-3-2-4-19(11-15)29-18-7-5-17(23)6-8-18/h2-8,11-12H,9-10H2,1H3. The van der Waals surface area contributed by atoms with Crippen LogP contribution in [0.25, 0.3) is 11.6 Å². The minimum atomic E-state index is -0.279. The molecule has 0 saturated carbocycles. The predicted octanol–water partition coefficient (Wildman–Crippen LogP) is 3.03. The predicted molar refractivity (Wildman–Crippen MR) is 116 cm³/mol. The lowest BCUT2D eigenvalue weighted by Crippen LogP contribution is -2.33. The number of nitriles is 2. The number of rotatable bonds is 6. The van der Waals surface area contributed by atoms with E-state index >= 15 is 0 Å². The van der Waals surface area contributed by atoms with E-state index in [1.807, 2.05) is 24.3 Å². The number of halogens is 1. The van der Waals surface area contributed by atoms with Crippen LogP contribution in [0.2, 0.25) is 5.02 Å². The highest BCUT2D eigenvalue weighted by atomic mass is 35.5. The largest absolute Gasteiger partial charge is 0.457 e. The molecule has 0 fully saturated rings. The van der Waals surface area contributed by atoms with Crippen LogP contribution in [-0.4, -0.2) is 18.3 Å². The SMILES string of the molecule is COCCn1c(=C(C#N)C#N)sc(=Cc2cccc(Oc3ccc(Cl)cc3)c2)c1=O. The summed E-state index contributed by atoms with van der Waals surface area (Å²) in [5.41, 5.74) is 0.368. The molecule has 0 atom stereocenters. The van der Waals surface area contributed by atoms with Gasteiger partial charge in [0.25, 0.3) is 5.56 Å². The van der Waals surface area contributed by atoms with Crippen LogP contribution < -0.4 is 19.5 Å². The van der Waals surface area contributed by atoms with Crippen molar-refractivity contribution in [3.63, 3.8) is 0 Å². The number of ether oxygens (including phenoxy) is 2. The molecule has 0 bridgehead atoms. The summed E-state index contributed by atoms with van der Waals surface area (Å²) >= 11 is 7.00. The molecular weight excluding hydrogens is 422 g/mol. The van der Waals surface area contributed by atoms with Crippen molar-refractivity contribution in [1.82, 2.24) is 4.57 Å². The van der Waals surface area contributed by atoms with E-state index in [9.17, 15) is 15.3 Å². The lowest BCUT2D eigenvalue weighted by Gasteiger charge is -2.06. The molecule has 0 unspecified atom stereocenters. The Hall–Kier alpha value is -3.36. The van der Waals surface area contributed by atoms with Crippen LogP contribution >= 0.6 is 22.9 Å². The Bertz CT molecular complexity index is 1300. The average Bonchev–Trinajstić information content (AvgIpc) is 3.04. The maximum Gasteiger partial charge on any atom is 0.269 e. The van der Waals surface area contributed by atoms with E-state index in [1.165, 1.54) is 11.7 Å². The van der Waals surface area contributed by atoms with Crippen molar-refractivity contribution < 1.29 is 9.47 Å². The fourth-order valence-corrected chi connectivity index (χ4v) is 3.87. The van der Waals surface area contributed by atoms with Crippen LogP contribution in [-0.2, 0) is 11.3 Å². The average molecular weight is 438 g/mol. The Morgan fingerprint density at radius 2 is 1.90 bits per heavy atom. The van der Waals surface area contributed by atoms with E-state index in [2.05, 4.69) is 0 Å². The first-order chi connectivity index (χ1) is 14.5. The number of hydrogen-bond acceptors (Lipinski definition) is 6. The third kappa shape index (κ3) is 4.97. The molecule has 2 aromatic carbocycles. The summed E-state index contributed by atoms with van der Waals surface area (Å²) in [6.07, 6.45) is 1.71. The number of methoxy groups -OCH3 is 1. The molecule has 6 nitrogen and oxygen atoms in total. The van der Waals surface area contributed by atoms with Crippen LogP contribution in [0.4, 0.5) is 0 Å². The van der Waals surface area contributed by atoms with E-state index in [0.717, 1.165) is 16.9 Å².